The summed E-state index contributed by atoms with van der Waals surface area (Å²) in [4.78, 5) is 0. The van der Waals surface area contributed by atoms with Crippen LogP contribution >= 0.6 is 0 Å². The van der Waals surface area contributed by atoms with Crippen molar-refractivity contribution in [2.45, 2.75) is 19.5 Å². The third-order valence-electron chi connectivity index (χ3n) is 3.09. The number of nitrogens with one attached hydrogen (secondary N) is 1. The van der Waals surface area contributed by atoms with Crippen LogP contribution in [-0.2, 0) is 6.54 Å². The molecule has 0 aromatic heterocycles. The van der Waals surface area contributed by atoms with Gasteiger partial charge in [0.1, 0.15) is 5.82 Å². The summed E-state index contributed by atoms with van der Waals surface area (Å²) < 4.78 is 13.2. The van der Waals surface area contributed by atoms with Crippen molar-refractivity contribution in [1.29, 1.82) is 5.26 Å². The number of nitriles is 1. The molecule has 0 aliphatic carbocycles. The Hall–Kier alpha value is -2.18. The van der Waals surface area contributed by atoms with E-state index in [0.29, 0.717) is 17.7 Å². The molecule has 2 rings (SSSR count). The Labute approximate surface area is 112 Å². The molecule has 0 aliphatic heterocycles. The Bertz CT molecular complexity index is 587. The van der Waals surface area contributed by atoms with Crippen LogP contribution in [0.5, 0.6) is 0 Å². The summed E-state index contributed by atoms with van der Waals surface area (Å²) in [5.41, 5.74) is 2.36. The van der Waals surface area contributed by atoms with Gasteiger partial charge >= 0.3 is 0 Å². The van der Waals surface area contributed by atoms with E-state index in [1.807, 2.05) is 37.3 Å². The number of halogens is 1. The predicted octanol–water partition coefficient (Wildman–Crippen LogP) is 3.55. The monoisotopic (exact) mass is 254 g/mol. The summed E-state index contributed by atoms with van der Waals surface area (Å²) >= 11 is 0. The lowest BCUT2D eigenvalue weighted by molar-refractivity contribution is 0.568. The predicted molar refractivity (Wildman–Crippen MR) is 72.8 cm³/mol. The zero-order chi connectivity index (χ0) is 13.7. The number of nitrogens with zero attached hydrogens (tertiary/aromatic N) is 1. The molecule has 2 nitrogen and oxygen atoms in total. The van der Waals surface area contributed by atoms with Gasteiger partial charge in [0.25, 0.3) is 0 Å². The SMILES string of the molecule is C[C@@H](NCc1cc(F)ccc1C#N)c1ccccc1. The molecular formula is C16H15FN2. The van der Waals surface area contributed by atoms with Crippen LogP contribution in [0.1, 0.15) is 29.7 Å². The molecule has 0 unspecified atom stereocenters. The summed E-state index contributed by atoms with van der Waals surface area (Å²) in [5.74, 6) is -0.317. The summed E-state index contributed by atoms with van der Waals surface area (Å²) in [5, 5.41) is 12.3. The van der Waals surface area contributed by atoms with E-state index in [1.54, 1.807) is 0 Å². The molecule has 0 saturated carbocycles. The van der Waals surface area contributed by atoms with Gasteiger partial charge in [-0.2, -0.15) is 5.26 Å². The molecule has 1 atom stereocenters. The molecular weight excluding hydrogens is 239 g/mol. The standard InChI is InChI=1S/C16H15FN2/c1-12(13-5-3-2-4-6-13)19-11-15-9-16(17)8-7-14(15)10-18/h2-9,12,19H,11H2,1H3/t12-/m1/s1. The Morgan fingerprint density at radius 3 is 2.63 bits per heavy atom. The van der Waals surface area contributed by atoms with E-state index >= 15 is 0 Å². The Morgan fingerprint density at radius 1 is 1.21 bits per heavy atom. The summed E-state index contributed by atoms with van der Waals surface area (Å²) in [6.07, 6.45) is 0. The third kappa shape index (κ3) is 3.40. The highest BCUT2D eigenvalue weighted by Gasteiger charge is 2.07. The van der Waals surface area contributed by atoms with Crippen LogP contribution in [0.2, 0.25) is 0 Å². The minimum Gasteiger partial charge on any atom is -0.306 e. The third-order valence-corrected chi connectivity index (χ3v) is 3.09. The van der Waals surface area contributed by atoms with Crippen LogP contribution in [0.15, 0.2) is 48.5 Å². The second-order valence-corrected chi connectivity index (χ2v) is 4.43. The van der Waals surface area contributed by atoms with Crippen LogP contribution in [0.25, 0.3) is 0 Å². The molecule has 96 valence electrons. The van der Waals surface area contributed by atoms with Gasteiger partial charge in [-0.25, -0.2) is 4.39 Å². The fraction of sp³-hybridized carbons (Fsp3) is 0.188. The Morgan fingerprint density at radius 2 is 1.95 bits per heavy atom. The van der Waals surface area contributed by atoms with E-state index in [4.69, 9.17) is 5.26 Å². The molecule has 0 spiro atoms. The Balaban J connectivity index is 2.07. The first-order chi connectivity index (χ1) is 9.20. The Kier molecular flexibility index (Phi) is 4.27. The van der Waals surface area contributed by atoms with Crippen molar-refractivity contribution >= 4 is 0 Å². The van der Waals surface area contributed by atoms with E-state index in [2.05, 4.69) is 11.4 Å². The second kappa shape index (κ2) is 6.12. The van der Waals surface area contributed by atoms with E-state index in [0.717, 1.165) is 5.56 Å². The fourth-order valence-corrected chi connectivity index (χ4v) is 1.94. The maximum atomic E-state index is 13.2. The van der Waals surface area contributed by atoms with E-state index in [1.165, 1.54) is 18.2 Å². The normalized spacial score (nSPS) is 11.8. The summed E-state index contributed by atoms with van der Waals surface area (Å²) in [6.45, 7) is 2.51. The van der Waals surface area contributed by atoms with Crippen LogP contribution in [0.3, 0.4) is 0 Å². The molecule has 2 aromatic rings. The van der Waals surface area contributed by atoms with Crippen molar-refractivity contribution in [3.05, 3.63) is 71.0 Å². The fourth-order valence-electron chi connectivity index (χ4n) is 1.94. The molecule has 0 radical (unpaired) electrons. The highest BCUT2D eigenvalue weighted by Crippen LogP contribution is 2.15. The van der Waals surface area contributed by atoms with Gasteiger partial charge in [0.15, 0.2) is 0 Å². The first-order valence-corrected chi connectivity index (χ1v) is 6.17. The molecule has 0 fully saturated rings. The molecule has 0 bridgehead atoms. The first-order valence-electron chi connectivity index (χ1n) is 6.17. The van der Waals surface area contributed by atoms with Gasteiger partial charge in [-0.1, -0.05) is 30.3 Å². The molecule has 19 heavy (non-hydrogen) atoms. The van der Waals surface area contributed by atoms with Crippen molar-refractivity contribution in [2.24, 2.45) is 0 Å². The molecule has 0 saturated heterocycles. The zero-order valence-corrected chi connectivity index (χ0v) is 10.7. The van der Waals surface area contributed by atoms with Crippen LogP contribution in [0, 0.1) is 17.1 Å². The summed E-state index contributed by atoms with van der Waals surface area (Å²) in [6, 6.07) is 16.5. The first kappa shape index (κ1) is 13.3. The minimum atomic E-state index is -0.317. The topological polar surface area (TPSA) is 35.8 Å². The molecule has 3 heteroatoms. The van der Waals surface area contributed by atoms with Gasteiger partial charge in [-0.05, 0) is 36.2 Å². The van der Waals surface area contributed by atoms with E-state index in [9.17, 15) is 4.39 Å². The number of hydrogen-bond donors (Lipinski definition) is 1. The molecule has 1 N–H and O–H groups in total. The highest BCUT2D eigenvalue weighted by atomic mass is 19.1. The quantitative estimate of drug-likeness (QED) is 0.905. The van der Waals surface area contributed by atoms with Gasteiger partial charge in [0.05, 0.1) is 11.6 Å². The lowest BCUT2D eigenvalue weighted by atomic mass is 10.1. The number of benzene rings is 2. The van der Waals surface area contributed by atoms with Gasteiger partial charge in [0, 0.05) is 12.6 Å². The number of rotatable bonds is 4. The van der Waals surface area contributed by atoms with Crippen LogP contribution in [-0.4, -0.2) is 0 Å². The van der Waals surface area contributed by atoms with Crippen molar-refractivity contribution in [3.63, 3.8) is 0 Å². The lowest BCUT2D eigenvalue weighted by Crippen LogP contribution is -2.18. The molecule has 2 aromatic carbocycles. The molecule has 0 aliphatic rings. The van der Waals surface area contributed by atoms with Crippen molar-refractivity contribution in [3.8, 4) is 6.07 Å². The zero-order valence-electron chi connectivity index (χ0n) is 10.7. The van der Waals surface area contributed by atoms with Crippen molar-refractivity contribution in [2.75, 3.05) is 0 Å². The van der Waals surface area contributed by atoms with Gasteiger partial charge < -0.3 is 5.32 Å². The van der Waals surface area contributed by atoms with Crippen molar-refractivity contribution < 1.29 is 4.39 Å². The highest BCUT2D eigenvalue weighted by molar-refractivity contribution is 5.37. The number of hydrogen-bond acceptors (Lipinski definition) is 2. The second-order valence-electron chi connectivity index (χ2n) is 4.43. The smallest absolute Gasteiger partial charge is 0.123 e. The van der Waals surface area contributed by atoms with Gasteiger partial charge in [-0.15, -0.1) is 0 Å². The van der Waals surface area contributed by atoms with E-state index in [-0.39, 0.29) is 11.9 Å². The summed E-state index contributed by atoms with van der Waals surface area (Å²) in [7, 11) is 0. The maximum absolute atomic E-state index is 13.2. The average Bonchev–Trinajstić information content (AvgIpc) is 2.46. The van der Waals surface area contributed by atoms with Gasteiger partial charge in [0.2, 0.25) is 0 Å². The van der Waals surface area contributed by atoms with Crippen LogP contribution in [0.4, 0.5) is 4.39 Å². The largest absolute Gasteiger partial charge is 0.306 e. The molecule has 0 amide bonds. The van der Waals surface area contributed by atoms with E-state index < -0.39 is 0 Å². The van der Waals surface area contributed by atoms with Gasteiger partial charge in [-0.3, -0.25) is 0 Å². The van der Waals surface area contributed by atoms with Crippen LogP contribution < -0.4 is 5.32 Å². The minimum absolute atomic E-state index is 0.149. The average molecular weight is 254 g/mol. The maximum Gasteiger partial charge on any atom is 0.123 e. The lowest BCUT2D eigenvalue weighted by Gasteiger charge is -2.14. The molecule has 0 heterocycles. The van der Waals surface area contributed by atoms with Crippen molar-refractivity contribution in [1.82, 2.24) is 5.32 Å².